The van der Waals surface area contributed by atoms with Gasteiger partial charge in [-0.2, -0.15) is 0 Å². The number of benzene rings is 1. The number of likely N-dealkylation sites (tertiary alicyclic amines) is 1. The van der Waals surface area contributed by atoms with Crippen molar-refractivity contribution in [1.29, 1.82) is 0 Å². The summed E-state index contributed by atoms with van der Waals surface area (Å²) in [6, 6.07) is 3.53. The number of nitrogens with zero attached hydrogens (tertiary/aromatic N) is 2. The molecule has 1 saturated heterocycles. The molecule has 0 aliphatic carbocycles. The first kappa shape index (κ1) is 16.5. The molecule has 0 radical (unpaired) electrons. The molecule has 1 aromatic carbocycles. The van der Waals surface area contributed by atoms with Crippen LogP contribution in [0.2, 0.25) is 0 Å². The predicted molar refractivity (Wildman–Crippen MR) is 83.2 cm³/mol. The standard InChI is InChI=1S/C16H23F2N3O/c1-12-4-3-8-21(11-12)16(19-2)20-7-9-22-13-5-6-14(17)15(18)10-13/h5-6,10,12H,3-4,7-9,11H2,1-2H3,(H,19,20). The van der Waals surface area contributed by atoms with E-state index in [1.807, 2.05) is 0 Å². The van der Waals surface area contributed by atoms with Crippen LogP contribution in [0.1, 0.15) is 19.8 Å². The van der Waals surface area contributed by atoms with Crippen molar-refractivity contribution in [2.45, 2.75) is 19.8 Å². The molecule has 1 aromatic rings. The second-order valence-corrected chi connectivity index (χ2v) is 5.59. The Morgan fingerprint density at radius 2 is 2.23 bits per heavy atom. The van der Waals surface area contributed by atoms with Gasteiger partial charge >= 0.3 is 0 Å². The van der Waals surface area contributed by atoms with Crippen LogP contribution < -0.4 is 10.1 Å². The summed E-state index contributed by atoms with van der Waals surface area (Å²) in [5.41, 5.74) is 0. The number of piperidine rings is 1. The van der Waals surface area contributed by atoms with E-state index < -0.39 is 11.6 Å². The monoisotopic (exact) mass is 311 g/mol. The van der Waals surface area contributed by atoms with Crippen molar-refractivity contribution < 1.29 is 13.5 Å². The van der Waals surface area contributed by atoms with Gasteiger partial charge in [0.2, 0.25) is 0 Å². The van der Waals surface area contributed by atoms with Crippen molar-refractivity contribution in [2.24, 2.45) is 10.9 Å². The average molecular weight is 311 g/mol. The van der Waals surface area contributed by atoms with Gasteiger partial charge in [0, 0.05) is 26.2 Å². The van der Waals surface area contributed by atoms with E-state index in [1.165, 1.54) is 18.9 Å². The quantitative estimate of drug-likeness (QED) is 0.528. The van der Waals surface area contributed by atoms with Gasteiger partial charge in [-0.3, -0.25) is 4.99 Å². The molecule has 0 saturated carbocycles. The molecular formula is C16H23F2N3O. The van der Waals surface area contributed by atoms with Crippen LogP contribution in [0.5, 0.6) is 5.75 Å². The molecule has 1 heterocycles. The molecule has 6 heteroatoms. The van der Waals surface area contributed by atoms with E-state index in [4.69, 9.17) is 4.74 Å². The van der Waals surface area contributed by atoms with Crippen LogP contribution in [-0.4, -0.2) is 44.1 Å². The van der Waals surface area contributed by atoms with E-state index >= 15 is 0 Å². The molecule has 1 aliphatic heterocycles. The van der Waals surface area contributed by atoms with Crippen molar-refractivity contribution in [3.05, 3.63) is 29.8 Å². The highest BCUT2D eigenvalue weighted by Gasteiger charge is 2.18. The molecular weight excluding hydrogens is 288 g/mol. The molecule has 0 amide bonds. The minimum Gasteiger partial charge on any atom is -0.492 e. The molecule has 4 nitrogen and oxygen atoms in total. The number of rotatable bonds is 4. The Morgan fingerprint density at radius 3 is 2.91 bits per heavy atom. The Morgan fingerprint density at radius 1 is 1.41 bits per heavy atom. The number of guanidine groups is 1. The highest BCUT2D eigenvalue weighted by Crippen LogP contribution is 2.16. The van der Waals surface area contributed by atoms with Gasteiger partial charge in [-0.15, -0.1) is 0 Å². The third kappa shape index (κ3) is 4.58. The number of nitrogens with one attached hydrogen (secondary N) is 1. The highest BCUT2D eigenvalue weighted by molar-refractivity contribution is 5.79. The first-order valence-electron chi connectivity index (χ1n) is 7.63. The van der Waals surface area contributed by atoms with E-state index in [0.717, 1.165) is 31.2 Å². The van der Waals surface area contributed by atoms with Crippen LogP contribution >= 0.6 is 0 Å². The fourth-order valence-electron chi connectivity index (χ4n) is 2.61. The zero-order valence-electron chi connectivity index (χ0n) is 13.1. The summed E-state index contributed by atoms with van der Waals surface area (Å²) in [4.78, 5) is 6.52. The largest absolute Gasteiger partial charge is 0.492 e. The SMILES string of the molecule is CN=C(NCCOc1ccc(F)c(F)c1)N1CCCC(C)C1. The summed E-state index contributed by atoms with van der Waals surface area (Å²) in [6.45, 7) is 5.16. The number of halogens is 2. The Bertz CT molecular complexity index is 522. The van der Waals surface area contributed by atoms with Crippen molar-refractivity contribution in [3.8, 4) is 5.75 Å². The Labute approximate surface area is 130 Å². The van der Waals surface area contributed by atoms with Crippen LogP contribution in [0.3, 0.4) is 0 Å². The molecule has 1 atom stereocenters. The topological polar surface area (TPSA) is 36.9 Å². The summed E-state index contributed by atoms with van der Waals surface area (Å²) in [6.07, 6.45) is 2.43. The number of ether oxygens (including phenoxy) is 1. The first-order chi connectivity index (χ1) is 10.6. The van der Waals surface area contributed by atoms with E-state index in [9.17, 15) is 8.78 Å². The van der Waals surface area contributed by atoms with Crippen molar-refractivity contribution in [3.63, 3.8) is 0 Å². The summed E-state index contributed by atoms with van der Waals surface area (Å²) in [5.74, 6) is 0.0853. The van der Waals surface area contributed by atoms with E-state index in [2.05, 4.69) is 22.1 Å². The lowest BCUT2D eigenvalue weighted by Gasteiger charge is -2.33. The summed E-state index contributed by atoms with van der Waals surface area (Å²) in [7, 11) is 1.76. The van der Waals surface area contributed by atoms with Crippen LogP contribution in [0.4, 0.5) is 8.78 Å². The highest BCUT2D eigenvalue weighted by atomic mass is 19.2. The minimum atomic E-state index is -0.899. The van der Waals surface area contributed by atoms with Crippen LogP contribution in [-0.2, 0) is 0 Å². The zero-order valence-corrected chi connectivity index (χ0v) is 13.1. The molecule has 1 aliphatic rings. The number of hydrogen-bond acceptors (Lipinski definition) is 2. The van der Waals surface area contributed by atoms with Gasteiger partial charge < -0.3 is 15.0 Å². The van der Waals surface area contributed by atoms with Crippen LogP contribution in [0.15, 0.2) is 23.2 Å². The summed E-state index contributed by atoms with van der Waals surface area (Å²) >= 11 is 0. The van der Waals surface area contributed by atoms with Crippen molar-refractivity contribution in [2.75, 3.05) is 33.3 Å². The maximum absolute atomic E-state index is 13.1. The molecule has 0 bridgehead atoms. The zero-order chi connectivity index (χ0) is 15.9. The predicted octanol–water partition coefficient (Wildman–Crippen LogP) is 2.65. The van der Waals surface area contributed by atoms with Gasteiger partial charge in [0.1, 0.15) is 12.4 Å². The third-order valence-electron chi connectivity index (χ3n) is 3.71. The third-order valence-corrected chi connectivity index (χ3v) is 3.71. The van der Waals surface area contributed by atoms with E-state index in [1.54, 1.807) is 7.05 Å². The first-order valence-corrected chi connectivity index (χ1v) is 7.63. The van der Waals surface area contributed by atoms with Crippen molar-refractivity contribution >= 4 is 5.96 Å². The van der Waals surface area contributed by atoms with Gasteiger partial charge in [-0.25, -0.2) is 8.78 Å². The molecule has 0 spiro atoms. The maximum Gasteiger partial charge on any atom is 0.193 e. The maximum atomic E-state index is 13.1. The second kappa shape index (κ2) is 7.96. The minimum absolute atomic E-state index is 0.322. The number of hydrogen-bond donors (Lipinski definition) is 1. The molecule has 1 fully saturated rings. The van der Waals surface area contributed by atoms with Crippen molar-refractivity contribution in [1.82, 2.24) is 10.2 Å². The van der Waals surface area contributed by atoms with Gasteiger partial charge in [0.25, 0.3) is 0 Å². The lowest BCUT2D eigenvalue weighted by Crippen LogP contribution is -2.47. The second-order valence-electron chi connectivity index (χ2n) is 5.59. The molecule has 1 N–H and O–H groups in total. The Balaban J connectivity index is 1.75. The van der Waals surface area contributed by atoms with E-state index in [-0.39, 0.29) is 0 Å². The molecule has 122 valence electrons. The van der Waals surface area contributed by atoms with Gasteiger partial charge in [-0.1, -0.05) is 6.92 Å². The lowest BCUT2D eigenvalue weighted by molar-refractivity contribution is 0.262. The Kier molecular flexibility index (Phi) is 5.98. The summed E-state index contributed by atoms with van der Waals surface area (Å²) < 4.78 is 31.3. The normalized spacial score (nSPS) is 19.2. The van der Waals surface area contributed by atoms with Gasteiger partial charge in [0.15, 0.2) is 17.6 Å². The molecule has 1 unspecified atom stereocenters. The van der Waals surface area contributed by atoms with E-state index in [0.29, 0.717) is 24.8 Å². The van der Waals surface area contributed by atoms with Gasteiger partial charge in [0.05, 0.1) is 6.54 Å². The van der Waals surface area contributed by atoms with Crippen LogP contribution in [0, 0.1) is 17.6 Å². The molecule has 2 rings (SSSR count). The fraction of sp³-hybridized carbons (Fsp3) is 0.562. The lowest BCUT2D eigenvalue weighted by atomic mass is 10.0. The molecule has 22 heavy (non-hydrogen) atoms. The van der Waals surface area contributed by atoms with Crippen LogP contribution in [0.25, 0.3) is 0 Å². The molecule has 0 aromatic heterocycles. The Hall–Kier alpha value is -1.85. The smallest absolute Gasteiger partial charge is 0.193 e. The average Bonchev–Trinajstić information content (AvgIpc) is 2.51. The number of aliphatic imine (C=N–C) groups is 1. The summed E-state index contributed by atoms with van der Waals surface area (Å²) in [5, 5.41) is 3.24. The fourth-order valence-corrected chi connectivity index (χ4v) is 2.61. The van der Waals surface area contributed by atoms with Gasteiger partial charge in [-0.05, 0) is 30.9 Å².